The van der Waals surface area contributed by atoms with E-state index >= 15 is 0 Å². The predicted molar refractivity (Wildman–Crippen MR) is 60.7 cm³/mol. The van der Waals surface area contributed by atoms with Gasteiger partial charge in [0, 0.05) is 38.1 Å². The lowest BCUT2D eigenvalue weighted by atomic mass is 10.2. The third-order valence-corrected chi connectivity index (χ3v) is 2.32. The maximum atomic E-state index is 11.2. The summed E-state index contributed by atoms with van der Waals surface area (Å²) in [6.07, 6.45) is 5.91. The van der Waals surface area contributed by atoms with Gasteiger partial charge in [0.25, 0.3) is 0 Å². The van der Waals surface area contributed by atoms with Crippen molar-refractivity contribution in [3.05, 3.63) is 36.3 Å². The Kier molecular flexibility index (Phi) is 3.16. The van der Waals surface area contributed by atoms with Gasteiger partial charge in [-0.05, 0) is 17.7 Å². The largest absolute Gasteiger partial charge is 0.352 e. The Morgan fingerprint density at radius 3 is 3.19 bits per heavy atom. The van der Waals surface area contributed by atoms with Crippen LogP contribution in [0, 0.1) is 0 Å². The number of pyridine rings is 1. The Hall–Kier alpha value is -1.88. The van der Waals surface area contributed by atoms with Crippen LogP contribution in [0.5, 0.6) is 0 Å². The molecule has 3 N–H and O–H groups in total. The highest BCUT2D eigenvalue weighted by atomic mass is 16.1. The molecule has 0 aliphatic carbocycles. The van der Waals surface area contributed by atoms with E-state index in [0.29, 0.717) is 19.5 Å². The molecule has 0 aliphatic heterocycles. The molecule has 0 fully saturated rings. The first kappa shape index (κ1) is 10.6. The zero-order valence-electron chi connectivity index (χ0n) is 8.89. The van der Waals surface area contributed by atoms with Gasteiger partial charge in [0.2, 0.25) is 5.91 Å². The van der Waals surface area contributed by atoms with Crippen LogP contribution in [-0.4, -0.2) is 21.8 Å². The molecule has 0 aromatic carbocycles. The molecule has 0 unspecified atom stereocenters. The van der Waals surface area contributed by atoms with Crippen molar-refractivity contribution in [2.75, 3.05) is 6.54 Å². The van der Waals surface area contributed by atoms with Crippen molar-refractivity contribution in [2.45, 2.75) is 13.0 Å². The van der Waals surface area contributed by atoms with E-state index in [9.17, 15) is 4.79 Å². The van der Waals surface area contributed by atoms with Crippen LogP contribution < -0.4 is 11.1 Å². The van der Waals surface area contributed by atoms with Crippen molar-refractivity contribution < 1.29 is 4.79 Å². The molecule has 84 valence electrons. The highest BCUT2D eigenvalue weighted by molar-refractivity contribution is 5.76. The monoisotopic (exact) mass is 218 g/mol. The summed E-state index contributed by atoms with van der Waals surface area (Å²) in [5.74, 6) is -0.0225. The summed E-state index contributed by atoms with van der Waals surface area (Å²) >= 11 is 0. The van der Waals surface area contributed by atoms with Crippen molar-refractivity contribution in [1.82, 2.24) is 14.7 Å². The van der Waals surface area contributed by atoms with Crippen molar-refractivity contribution in [1.29, 1.82) is 0 Å². The number of amides is 1. The average molecular weight is 218 g/mol. The first-order valence-corrected chi connectivity index (χ1v) is 5.18. The van der Waals surface area contributed by atoms with E-state index in [-0.39, 0.29) is 5.91 Å². The molecule has 16 heavy (non-hydrogen) atoms. The van der Waals surface area contributed by atoms with Crippen LogP contribution in [0.25, 0.3) is 5.65 Å². The third kappa shape index (κ3) is 2.38. The first-order valence-electron chi connectivity index (χ1n) is 5.18. The molecule has 1 amide bonds. The van der Waals surface area contributed by atoms with Gasteiger partial charge in [0.15, 0.2) is 0 Å². The third-order valence-electron chi connectivity index (χ3n) is 2.32. The molecule has 2 aromatic heterocycles. The molecule has 5 heteroatoms. The average Bonchev–Trinajstić information content (AvgIpc) is 2.74. The van der Waals surface area contributed by atoms with E-state index in [1.165, 1.54) is 0 Å². The van der Waals surface area contributed by atoms with Crippen molar-refractivity contribution in [3.63, 3.8) is 0 Å². The van der Waals surface area contributed by atoms with Gasteiger partial charge in [0.1, 0.15) is 5.65 Å². The number of imidazole rings is 1. The van der Waals surface area contributed by atoms with Crippen LogP contribution in [0.1, 0.15) is 12.0 Å². The lowest BCUT2D eigenvalue weighted by Gasteiger charge is -2.04. The molecule has 2 rings (SSSR count). The van der Waals surface area contributed by atoms with Gasteiger partial charge in [-0.1, -0.05) is 0 Å². The molecular weight excluding hydrogens is 204 g/mol. The normalized spacial score (nSPS) is 10.6. The zero-order valence-corrected chi connectivity index (χ0v) is 8.89. The van der Waals surface area contributed by atoms with Crippen LogP contribution in [0.3, 0.4) is 0 Å². The molecule has 0 saturated carbocycles. The maximum Gasteiger partial charge on any atom is 0.221 e. The number of fused-ring (bicyclic) bond motifs is 1. The molecule has 0 spiro atoms. The highest BCUT2D eigenvalue weighted by Gasteiger charge is 2.00. The van der Waals surface area contributed by atoms with Crippen molar-refractivity contribution >= 4 is 11.6 Å². The van der Waals surface area contributed by atoms with E-state index in [2.05, 4.69) is 10.3 Å². The number of carbonyl (C=O) groups is 1. The molecular formula is C11H14N4O. The van der Waals surface area contributed by atoms with Crippen LogP contribution in [0.2, 0.25) is 0 Å². The quantitative estimate of drug-likeness (QED) is 0.775. The fourth-order valence-electron chi connectivity index (χ4n) is 1.48. The van der Waals surface area contributed by atoms with Crippen LogP contribution in [0.15, 0.2) is 30.7 Å². The van der Waals surface area contributed by atoms with Crippen LogP contribution in [-0.2, 0) is 11.3 Å². The Labute approximate surface area is 93.3 Å². The molecule has 0 bridgehead atoms. The predicted octanol–water partition coefficient (Wildman–Crippen LogP) is 0.299. The lowest BCUT2D eigenvalue weighted by molar-refractivity contribution is -0.121. The summed E-state index contributed by atoms with van der Waals surface area (Å²) in [5, 5.41) is 2.80. The molecule has 5 nitrogen and oxygen atoms in total. The fourth-order valence-corrected chi connectivity index (χ4v) is 1.48. The summed E-state index contributed by atoms with van der Waals surface area (Å²) in [5.41, 5.74) is 7.20. The summed E-state index contributed by atoms with van der Waals surface area (Å²) < 4.78 is 1.92. The van der Waals surface area contributed by atoms with Crippen LogP contribution in [0.4, 0.5) is 0 Å². The van der Waals surface area contributed by atoms with E-state index in [0.717, 1.165) is 11.2 Å². The minimum absolute atomic E-state index is 0.0225. The smallest absolute Gasteiger partial charge is 0.221 e. The fraction of sp³-hybridized carbons (Fsp3) is 0.273. The number of nitrogens with one attached hydrogen (secondary N) is 1. The van der Waals surface area contributed by atoms with Gasteiger partial charge in [-0.15, -0.1) is 0 Å². The Bertz CT molecular complexity index is 491. The summed E-state index contributed by atoms with van der Waals surface area (Å²) in [7, 11) is 0. The minimum Gasteiger partial charge on any atom is -0.352 e. The number of hydrogen-bond acceptors (Lipinski definition) is 3. The number of hydrogen-bond donors (Lipinski definition) is 2. The van der Waals surface area contributed by atoms with E-state index in [1.807, 2.05) is 28.9 Å². The molecule has 2 heterocycles. The van der Waals surface area contributed by atoms with Gasteiger partial charge >= 0.3 is 0 Å². The van der Waals surface area contributed by atoms with Gasteiger partial charge in [-0.25, -0.2) is 4.98 Å². The van der Waals surface area contributed by atoms with E-state index < -0.39 is 0 Å². The second-order valence-corrected chi connectivity index (χ2v) is 3.54. The summed E-state index contributed by atoms with van der Waals surface area (Å²) in [6, 6.07) is 3.90. The number of nitrogens with zero attached hydrogens (tertiary/aromatic N) is 2. The number of rotatable bonds is 4. The second kappa shape index (κ2) is 4.76. The molecule has 0 saturated heterocycles. The van der Waals surface area contributed by atoms with Crippen molar-refractivity contribution in [3.8, 4) is 0 Å². The summed E-state index contributed by atoms with van der Waals surface area (Å²) in [6.45, 7) is 0.896. The zero-order chi connectivity index (χ0) is 11.4. The maximum absolute atomic E-state index is 11.2. The SMILES string of the molecule is NCCC(=O)NCc1ccn2ccnc2c1. The molecule has 0 radical (unpaired) electrons. The van der Waals surface area contributed by atoms with E-state index in [1.54, 1.807) is 6.20 Å². The van der Waals surface area contributed by atoms with Crippen LogP contribution >= 0.6 is 0 Å². The lowest BCUT2D eigenvalue weighted by Crippen LogP contribution is -2.25. The second-order valence-electron chi connectivity index (χ2n) is 3.54. The summed E-state index contributed by atoms with van der Waals surface area (Å²) in [4.78, 5) is 15.4. The molecule has 0 atom stereocenters. The first-order chi connectivity index (χ1) is 7.79. The van der Waals surface area contributed by atoms with Gasteiger partial charge in [-0.2, -0.15) is 0 Å². The highest BCUT2D eigenvalue weighted by Crippen LogP contribution is 2.04. The number of aromatic nitrogens is 2. The topological polar surface area (TPSA) is 72.4 Å². The number of carbonyl (C=O) groups excluding carboxylic acids is 1. The molecule has 0 aliphatic rings. The Morgan fingerprint density at radius 2 is 2.38 bits per heavy atom. The van der Waals surface area contributed by atoms with Gasteiger partial charge < -0.3 is 15.5 Å². The Morgan fingerprint density at radius 1 is 1.50 bits per heavy atom. The van der Waals surface area contributed by atoms with E-state index in [4.69, 9.17) is 5.73 Å². The van der Waals surface area contributed by atoms with Gasteiger partial charge in [0.05, 0.1) is 0 Å². The number of nitrogens with two attached hydrogens (primary N) is 1. The Balaban J connectivity index is 2.01. The van der Waals surface area contributed by atoms with Gasteiger partial charge in [-0.3, -0.25) is 4.79 Å². The molecule has 2 aromatic rings. The van der Waals surface area contributed by atoms with Crippen molar-refractivity contribution in [2.24, 2.45) is 5.73 Å². The standard InChI is InChI=1S/C11H14N4O/c12-3-1-11(16)14-8-9-2-5-15-6-4-13-10(15)7-9/h2,4-7H,1,3,8,12H2,(H,14,16). The minimum atomic E-state index is -0.0225.